The normalized spacial score (nSPS) is 18.3. The van der Waals surface area contributed by atoms with Crippen molar-refractivity contribution in [1.82, 2.24) is 5.32 Å². The molecule has 1 saturated heterocycles. The van der Waals surface area contributed by atoms with Crippen LogP contribution in [0.15, 0.2) is 91.0 Å². The number of benzene rings is 4. The first kappa shape index (κ1) is 21.6. The number of halogens is 1. The Morgan fingerprint density at radius 2 is 1.67 bits per heavy atom. The third kappa shape index (κ3) is 5.24. The van der Waals surface area contributed by atoms with Crippen LogP contribution in [0.4, 0.5) is 4.39 Å². The number of nitrogens with one attached hydrogen (secondary N) is 1. The van der Waals surface area contributed by atoms with Gasteiger partial charge in [-0.25, -0.2) is 4.39 Å². The highest BCUT2D eigenvalue weighted by atomic mass is 19.1. The lowest BCUT2D eigenvalue weighted by atomic mass is 9.88. The van der Waals surface area contributed by atoms with E-state index in [4.69, 9.17) is 9.47 Å². The standard InChI is InChI=1S/C29H28FNO2/c30-25-12-10-23(11-13-25)27-15-16-31-18-29(27)33-20-22-9-14-26-24(17-22)7-4-8-28(26)32-19-21-5-2-1-3-6-21/h1-14,17,27,29,31H,15-16,18-20H2. The minimum atomic E-state index is -0.201. The molecular weight excluding hydrogens is 413 g/mol. The summed E-state index contributed by atoms with van der Waals surface area (Å²) in [7, 11) is 0. The van der Waals surface area contributed by atoms with Gasteiger partial charge in [-0.1, -0.05) is 66.7 Å². The van der Waals surface area contributed by atoms with Crippen molar-refractivity contribution >= 4 is 10.8 Å². The lowest BCUT2D eigenvalue weighted by Crippen LogP contribution is -2.40. The predicted octanol–water partition coefficient (Wildman–Crippen LogP) is 6.22. The molecule has 1 fully saturated rings. The largest absolute Gasteiger partial charge is 0.488 e. The van der Waals surface area contributed by atoms with Crippen LogP contribution in [0.5, 0.6) is 5.75 Å². The fraction of sp³-hybridized carbons (Fsp3) is 0.241. The van der Waals surface area contributed by atoms with Gasteiger partial charge in [0.05, 0.1) is 12.7 Å². The van der Waals surface area contributed by atoms with Crippen molar-refractivity contribution in [3.05, 3.63) is 114 Å². The second-order valence-electron chi connectivity index (χ2n) is 8.59. The van der Waals surface area contributed by atoms with Crippen LogP contribution in [0.2, 0.25) is 0 Å². The number of hydrogen-bond donors (Lipinski definition) is 1. The fourth-order valence-electron chi connectivity index (χ4n) is 4.55. The van der Waals surface area contributed by atoms with E-state index in [2.05, 4.69) is 41.7 Å². The van der Waals surface area contributed by atoms with Crippen molar-refractivity contribution in [2.45, 2.75) is 31.7 Å². The monoisotopic (exact) mass is 441 g/mol. The molecule has 168 valence electrons. The Balaban J connectivity index is 1.27. The number of fused-ring (bicyclic) bond motifs is 1. The summed E-state index contributed by atoms with van der Waals surface area (Å²) < 4.78 is 25.8. The average molecular weight is 442 g/mol. The maximum atomic E-state index is 13.4. The Morgan fingerprint density at radius 1 is 0.818 bits per heavy atom. The quantitative estimate of drug-likeness (QED) is 0.369. The smallest absolute Gasteiger partial charge is 0.127 e. The molecule has 4 aromatic rings. The zero-order valence-corrected chi connectivity index (χ0v) is 18.5. The molecule has 0 saturated carbocycles. The van der Waals surface area contributed by atoms with E-state index in [0.717, 1.165) is 52.7 Å². The van der Waals surface area contributed by atoms with Gasteiger partial charge in [-0.05, 0) is 59.3 Å². The summed E-state index contributed by atoms with van der Waals surface area (Å²) in [5.74, 6) is 0.954. The van der Waals surface area contributed by atoms with Crippen LogP contribution < -0.4 is 10.1 Å². The molecule has 0 aliphatic carbocycles. The molecule has 2 atom stereocenters. The second kappa shape index (κ2) is 10.2. The SMILES string of the molecule is Fc1ccc(C2CCNCC2OCc2ccc3c(OCc4ccccc4)cccc3c2)cc1. The van der Waals surface area contributed by atoms with Crippen LogP contribution >= 0.6 is 0 Å². The molecule has 2 unspecified atom stereocenters. The molecule has 0 spiro atoms. The molecule has 1 aliphatic heterocycles. The summed E-state index contributed by atoms with van der Waals surface area (Å²) in [4.78, 5) is 0. The van der Waals surface area contributed by atoms with Gasteiger partial charge in [0.2, 0.25) is 0 Å². The highest BCUT2D eigenvalue weighted by Gasteiger charge is 2.27. The van der Waals surface area contributed by atoms with E-state index < -0.39 is 0 Å². The van der Waals surface area contributed by atoms with Gasteiger partial charge in [-0.15, -0.1) is 0 Å². The summed E-state index contributed by atoms with van der Waals surface area (Å²) in [5.41, 5.74) is 3.42. The van der Waals surface area contributed by atoms with E-state index in [9.17, 15) is 4.39 Å². The molecule has 33 heavy (non-hydrogen) atoms. The van der Waals surface area contributed by atoms with Crippen LogP contribution in [0.1, 0.15) is 29.0 Å². The molecule has 3 nitrogen and oxygen atoms in total. The van der Waals surface area contributed by atoms with Gasteiger partial charge in [-0.2, -0.15) is 0 Å². The zero-order valence-electron chi connectivity index (χ0n) is 18.5. The Kier molecular flexibility index (Phi) is 6.66. The van der Waals surface area contributed by atoms with Gasteiger partial charge in [0.25, 0.3) is 0 Å². The minimum Gasteiger partial charge on any atom is -0.488 e. The lowest BCUT2D eigenvalue weighted by Gasteiger charge is -2.32. The summed E-state index contributed by atoms with van der Waals surface area (Å²) in [6.07, 6.45) is 1.04. The third-order valence-corrected chi connectivity index (χ3v) is 6.33. The van der Waals surface area contributed by atoms with E-state index in [0.29, 0.717) is 13.2 Å². The Labute approximate surface area is 194 Å². The first-order chi connectivity index (χ1) is 16.3. The molecule has 0 bridgehead atoms. The molecule has 1 aliphatic rings. The summed E-state index contributed by atoms with van der Waals surface area (Å²) >= 11 is 0. The molecule has 1 heterocycles. The maximum Gasteiger partial charge on any atom is 0.127 e. The lowest BCUT2D eigenvalue weighted by molar-refractivity contribution is 0.0106. The molecule has 4 heteroatoms. The van der Waals surface area contributed by atoms with Gasteiger partial charge >= 0.3 is 0 Å². The van der Waals surface area contributed by atoms with E-state index in [1.807, 2.05) is 42.5 Å². The average Bonchev–Trinajstić information content (AvgIpc) is 2.87. The second-order valence-corrected chi connectivity index (χ2v) is 8.59. The number of hydrogen-bond acceptors (Lipinski definition) is 3. The maximum absolute atomic E-state index is 13.4. The minimum absolute atomic E-state index is 0.0560. The van der Waals surface area contributed by atoms with Crippen LogP contribution in [0.3, 0.4) is 0 Å². The Bertz CT molecular complexity index is 1190. The predicted molar refractivity (Wildman–Crippen MR) is 130 cm³/mol. The van der Waals surface area contributed by atoms with Crippen LogP contribution in [-0.2, 0) is 18.0 Å². The highest BCUT2D eigenvalue weighted by Crippen LogP contribution is 2.30. The molecule has 5 rings (SSSR count). The van der Waals surface area contributed by atoms with Gasteiger partial charge in [0, 0.05) is 17.8 Å². The molecule has 0 radical (unpaired) electrons. The first-order valence-corrected chi connectivity index (χ1v) is 11.5. The van der Waals surface area contributed by atoms with Crippen molar-refractivity contribution in [2.75, 3.05) is 13.1 Å². The molecule has 4 aromatic carbocycles. The van der Waals surface area contributed by atoms with Crippen LogP contribution in [0, 0.1) is 5.82 Å². The van der Waals surface area contributed by atoms with E-state index >= 15 is 0 Å². The molecular formula is C29H28FNO2. The number of ether oxygens (including phenoxy) is 2. The first-order valence-electron chi connectivity index (χ1n) is 11.5. The van der Waals surface area contributed by atoms with E-state index in [-0.39, 0.29) is 17.8 Å². The van der Waals surface area contributed by atoms with Crippen molar-refractivity contribution < 1.29 is 13.9 Å². The number of rotatable bonds is 7. The van der Waals surface area contributed by atoms with Gasteiger partial charge in [-0.3, -0.25) is 0 Å². The zero-order chi connectivity index (χ0) is 22.5. The van der Waals surface area contributed by atoms with Crippen molar-refractivity contribution in [2.24, 2.45) is 0 Å². The third-order valence-electron chi connectivity index (χ3n) is 6.33. The van der Waals surface area contributed by atoms with Crippen molar-refractivity contribution in [1.29, 1.82) is 0 Å². The molecule has 1 N–H and O–H groups in total. The summed E-state index contributed by atoms with van der Waals surface area (Å²) in [6.45, 7) is 2.83. The van der Waals surface area contributed by atoms with Crippen LogP contribution in [-0.4, -0.2) is 19.2 Å². The summed E-state index contributed by atoms with van der Waals surface area (Å²) in [6, 6.07) is 29.6. The highest BCUT2D eigenvalue weighted by molar-refractivity contribution is 5.88. The summed E-state index contributed by atoms with van der Waals surface area (Å²) in [5, 5.41) is 5.67. The Morgan fingerprint density at radius 3 is 2.52 bits per heavy atom. The van der Waals surface area contributed by atoms with Gasteiger partial charge in [0.15, 0.2) is 0 Å². The fourth-order valence-corrected chi connectivity index (χ4v) is 4.55. The topological polar surface area (TPSA) is 30.5 Å². The number of piperidine rings is 1. The van der Waals surface area contributed by atoms with Crippen LogP contribution in [0.25, 0.3) is 10.8 Å². The Hall–Kier alpha value is -3.21. The van der Waals surface area contributed by atoms with Gasteiger partial charge < -0.3 is 14.8 Å². The van der Waals surface area contributed by atoms with E-state index in [1.165, 1.54) is 12.1 Å². The van der Waals surface area contributed by atoms with Gasteiger partial charge in [0.1, 0.15) is 18.2 Å². The van der Waals surface area contributed by atoms with Crippen molar-refractivity contribution in [3.8, 4) is 5.75 Å². The molecule has 0 aromatic heterocycles. The van der Waals surface area contributed by atoms with Crippen molar-refractivity contribution in [3.63, 3.8) is 0 Å². The molecule has 0 amide bonds. The van der Waals surface area contributed by atoms with E-state index in [1.54, 1.807) is 0 Å².